The van der Waals surface area contributed by atoms with Gasteiger partial charge < -0.3 is 9.80 Å². The molecule has 0 heterocycles. The number of hydrogen-bond acceptors (Lipinski definition) is 3. The van der Waals surface area contributed by atoms with E-state index in [-0.39, 0.29) is 11.8 Å². The molecule has 1 rings (SSSR count). The summed E-state index contributed by atoms with van der Waals surface area (Å²) in [6.45, 7) is 2.06. The molecular formula is C14H26N3O2S+. The van der Waals surface area contributed by atoms with Crippen molar-refractivity contribution in [1.29, 1.82) is 0 Å². The lowest BCUT2D eigenvalue weighted by Crippen LogP contribution is -3.07. The van der Waals surface area contributed by atoms with Crippen molar-refractivity contribution in [3.05, 3.63) is 29.8 Å². The molecule has 0 aliphatic rings. The fraction of sp³-hybridized carbons (Fsp3) is 0.571. The Morgan fingerprint density at radius 1 is 1.20 bits per heavy atom. The van der Waals surface area contributed by atoms with Crippen LogP contribution in [0.2, 0.25) is 0 Å². The summed E-state index contributed by atoms with van der Waals surface area (Å²) in [6.07, 6.45) is 0. The van der Waals surface area contributed by atoms with Crippen LogP contribution in [-0.4, -0.2) is 48.9 Å². The summed E-state index contributed by atoms with van der Waals surface area (Å²) < 4.78 is 25.8. The number of quaternary nitrogens is 1. The number of likely N-dealkylation sites (N-methyl/N-ethyl adjacent to an activating group) is 1. The van der Waals surface area contributed by atoms with Crippen LogP contribution < -0.4 is 14.5 Å². The maximum Gasteiger partial charge on any atom is 0.211 e. The van der Waals surface area contributed by atoms with Crippen molar-refractivity contribution in [1.82, 2.24) is 4.72 Å². The largest absolute Gasteiger partial charge is 0.378 e. The fourth-order valence-electron chi connectivity index (χ4n) is 1.97. The zero-order valence-corrected chi connectivity index (χ0v) is 13.8. The zero-order valence-electron chi connectivity index (χ0n) is 13.0. The monoisotopic (exact) mass is 300 g/mol. The lowest BCUT2D eigenvalue weighted by molar-refractivity contribution is -0.890. The molecule has 0 saturated heterocycles. The van der Waals surface area contributed by atoms with Gasteiger partial charge in [-0.3, -0.25) is 0 Å². The first kappa shape index (κ1) is 16.9. The number of sulfonamides is 1. The highest BCUT2D eigenvalue weighted by Crippen LogP contribution is 2.16. The third kappa shape index (κ3) is 4.77. The Kier molecular flexibility index (Phi) is 5.98. The average Bonchev–Trinajstić information content (AvgIpc) is 2.39. The molecule has 114 valence electrons. The number of anilines is 1. The van der Waals surface area contributed by atoms with Crippen LogP contribution in [0, 0.1) is 0 Å². The normalized spacial score (nSPS) is 13.5. The first-order valence-corrected chi connectivity index (χ1v) is 8.46. The average molecular weight is 300 g/mol. The van der Waals surface area contributed by atoms with Gasteiger partial charge in [0.2, 0.25) is 10.0 Å². The minimum atomic E-state index is -3.15. The molecule has 1 aromatic carbocycles. The fourth-order valence-corrected chi connectivity index (χ4v) is 2.60. The molecule has 0 aliphatic carbocycles. The molecule has 0 aromatic heterocycles. The van der Waals surface area contributed by atoms with Gasteiger partial charge >= 0.3 is 0 Å². The van der Waals surface area contributed by atoms with E-state index in [1.165, 1.54) is 4.90 Å². The maximum absolute atomic E-state index is 11.6. The van der Waals surface area contributed by atoms with Crippen LogP contribution in [0.3, 0.4) is 0 Å². The minimum Gasteiger partial charge on any atom is -0.378 e. The van der Waals surface area contributed by atoms with Gasteiger partial charge in [-0.05, 0) is 19.1 Å². The van der Waals surface area contributed by atoms with E-state index in [0.717, 1.165) is 11.3 Å². The second-order valence-corrected chi connectivity index (χ2v) is 7.46. The van der Waals surface area contributed by atoms with Gasteiger partial charge in [-0.25, -0.2) is 13.1 Å². The van der Waals surface area contributed by atoms with Gasteiger partial charge in [0.05, 0.1) is 26.4 Å². The Bertz CT molecular complexity index is 510. The van der Waals surface area contributed by atoms with E-state index >= 15 is 0 Å². The molecule has 5 nitrogen and oxygen atoms in total. The minimum absolute atomic E-state index is 0.104. The predicted octanol–water partition coefficient (Wildman–Crippen LogP) is -0.122. The predicted molar refractivity (Wildman–Crippen MR) is 83.8 cm³/mol. The molecule has 1 aromatic rings. The molecule has 0 aliphatic heterocycles. The molecular weight excluding hydrogens is 274 g/mol. The molecule has 0 fully saturated rings. The number of nitrogens with one attached hydrogen (secondary N) is 2. The quantitative estimate of drug-likeness (QED) is 0.738. The van der Waals surface area contributed by atoms with Gasteiger partial charge in [-0.1, -0.05) is 12.1 Å². The number of nitrogens with zero attached hydrogens (tertiary/aromatic N) is 1. The SMILES string of the molecule is CCS(=O)(=O)NC[C@H](c1ccc(N(C)C)cc1)[NH+](C)C. The summed E-state index contributed by atoms with van der Waals surface area (Å²) in [5.41, 5.74) is 2.27. The molecule has 2 N–H and O–H groups in total. The van der Waals surface area contributed by atoms with Gasteiger partial charge in [0.15, 0.2) is 0 Å². The van der Waals surface area contributed by atoms with E-state index in [1.54, 1.807) is 6.92 Å². The van der Waals surface area contributed by atoms with Gasteiger partial charge in [-0.2, -0.15) is 0 Å². The van der Waals surface area contributed by atoms with Crippen molar-refractivity contribution in [3.63, 3.8) is 0 Å². The van der Waals surface area contributed by atoms with Gasteiger partial charge in [0.25, 0.3) is 0 Å². The topological polar surface area (TPSA) is 53.9 Å². The van der Waals surface area contributed by atoms with Crippen LogP contribution in [0.1, 0.15) is 18.5 Å². The molecule has 0 radical (unpaired) electrons. The van der Waals surface area contributed by atoms with Crippen LogP contribution in [0.4, 0.5) is 5.69 Å². The van der Waals surface area contributed by atoms with E-state index in [0.29, 0.717) is 6.54 Å². The van der Waals surface area contributed by atoms with Crippen molar-refractivity contribution in [2.75, 3.05) is 45.4 Å². The van der Waals surface area contributed by atoms with Gasteiger partial charge in [0.1, 0.15) is 6.04 Å². The first-order valence-electron chi connectivity index (χ1n) is 6.81. The van der Waals surface area contributed by atoms with Crippen LogP contribution in [0.15, 0.2) is 24.3 Å². The molecule has 20 heavy (non-hydrogen) atoms. The zero-order chi connectivity index (χ0) is 15.3. The third-order valence-electron chi connectivity index (χ3n) is 3.40. The molecule has 0 spiro atoms. The van der Waals surface area contributed by atoms with Crippen molar-refractivity contribution >= 4 is 15.7 Å². The Morgan fingerprint density at radius 2 is 1.75 bits per heavy atom. The van der Waals surface area contributed by atoms with Crippen molar-refractivity contribution < 1.29 is 13.3 Å². The van der Waals surface area contributed by atoms with Crippen LogP contribution in [0.25, 0.3) is 0 Å². The third-order valence-corrected chi connectivity index (χ3v) is 4.76. The second-order valence-electron chi connectivity index (χ2n) is 5.37. The summed E-state index contributed by atoms with van der Waals surface area (Å²) in [5, 5.41) is 0. The Balaban J connectivity index is 2.86. The van der Waals surface area contributed by atoms with E-state index in [9.17, 15) is 8.42 Å². The first-order chi connectivity index (χ1) is 9.26. The van der Waals surface area contributed by atoms with E-state index < -0.39 is 10.0 Å². The summed E-state index contributed by atoms with van der Waals surface area (Å²) in [4.78, 5) is 3.24. The standard InChI is InChI=1S/C14H25N3O2S/c1-6-20(18,19)15-11-14(17(4)5)12-7-9-13(10-8-12)16(2)3/h7-10,14-15H,6,11H2,1-5H3/p+1/t14-/m1/s1. The van der Waals surface area contributed by atoms with E-state index in [1.807, 2.05) is 33.1 Å². The van der Waals surface area contributed by atoms with Crippen molar-refractivity contribution in [2.45, 2.75) is 13.0 Å². The molecule has 0 saturated carbocycles. The van der Waals surface area contributed by atoms with E-state index in [2.05, 4.69) is 29.0 Å². The van der Waals surface area contributed by atoms with Crippen LogP contribution in [-0.2, 0) is 10.0 Å². The molecule has 0 amide bonds. The number of hydrogen-bond donors (Lipinski definition) is 2. The highest BCUT2D eigenvalue weighted by Gasteiger charge is 2.20. The summed E-state index contributed by atoms with van der Waals surface area (Å²) in [6, 6.07) is 8.34. The lowest BCUT2D eigenvalue weighted by Gasteiger charge is -2.23. The molecule has 0 bridgehead atoms. The highest BCUT2D eigenvalue weighted by atomic mass is 32.2. The lowest BCUT2D eigenvalue weighted by atomic mass is 10.1. The van der Waals surface area contributed by atoms with Gasteiger partial charge in [0, 0.05) is 25.3 Å². The Morgan fingerprint density at radius 3 is 2.15 bits per heavy atom. The van der Waals surface area contributed by atoms with Crippen LogP contribution >= 0.6 is 0 Å². The van der Waals surface area contributed by atoms with E-state index in [4.69, 9.17) is 0 Å². The smallest absolute Gasteiger partial charge is 0.211 e. The van der Waals surface area contributed by atoms with Crippen molar-refractivity contribution in [3.8, 4) is 0 Å². The molecule has 6 heteroatoms. The van der Waals surface area contributed by atoms with Crippen molar-refractivity contribution in [2.24, 2.45) is 0 Å². The second kappa shape index (κ2) is 7.06. The Hall–Kier alpha value is -1.11. The maximum atomic E-state index is 11.6. The highest BCUT2D eigenvalue weighted by molar-refractivity contribution is 7.89. The molecule has 1 atom stereocenters. The summed E-state index contributed by atoms with van der Waals surface area (Å²) in [7, 11) is 4.91. The molecule has 0 unspecified atom stereocenters. The number of rotatable bonds is 7. The van der Waals surface area contributed by atoms with Gasteiger partial charge in [-0.15, -0.1) is 0 Å². The Labute approximate surface area is 122 Å². The van der Waals surface area contributed by atoms with Crippen LogP contribution in [0.5, 0.6) is 0 Å². The summed E-state index contributed by atoms with van der Waals surface area (Å²) in [5.74, 6) is 0.113. The summed E-state index contributed by atoms with van der Waals surface area (Å²) >= 11 is 0. The number of benzene rings is 1.